The fourth-order valence-corrected chi connectivity index (χ4v) is 5.18. The van der Waals surface area contributed by atoms with E-state index in [1.807, 2.05) is 6.92 Å². The summed E-state index contributed by atoms with van der Waals surface area (Å²) in [6.07, 6.45) is 1.19. The summed E-state index contributed by atoms with van der Waals surface area (Å²) in [7, 11) is -2.94. The number of amides is 4. The highest BCUT2D eigenvalue weighted by Gasteiger charge is 2.37. The van der Waals surface area contributed by atoms with E-state index in [9.17, 15) is 27.6 Å². The number of hydrogen-bond donors (Lipinski definition) is 2. The van der Waals surface area contributed by atoms with Crippen molar-refractivity contribution in [3.63, 3.8) is 0 Å². The van der Waals surface area contributed by atoms with Gasteiger partial charge in [0.1, 0.15) is 10.5 Å². The van der Waals surface area contributed by atoms with Gasteiger partial charge >= 0.3 is 22.1 Å². The van der Waals surface area contributed by atoms with Gasteiger partial charge in [-0.1, -0.05) is 17.7 Å². The number of carboxylic acid groups (broad SMARTS) is 1. The molecule has 0 aliphatic carbocycles. The third-order valence-electron chi connectivity index (χ3n) is 5.54. The zero-order valence-electron chi connectivity index (χ0n) is 20.3. The van der Waals surface area contributed by atoms with Crippen molar-refractivity contribution in [2.24, 2.45) is 0 Å². The first-order chi connectivity index (χ1) is 18.4. The van der Waals surface area contributed by atoms with Crippen molar-refractivity contribution >= 4 is 61.6 Å². The molecule has 0 spiro atoms. The first-order valence-electron chi connectivity index (χ1n) is 11.0. The van der Waals surface area contributed by atoms with Crippen LogP contribution in [-0.4, -0.2) is 44.4 Å². The van der Waals surface area contributed by atoms with Crippen LogP contribution in [0.15, 0.2) is 75.6 Å². The molecule has 1 saturated heterocycles. The summed E-state index contributed by atoms with van der Waals surface area (Å²) >= 11 is 3.25. The van der Waals surface area contributed by atoms with Gasteiger partial charge < -0.3 is 14.0 Å². The number of carboxylic acids is 1. The van der Waals surface area contributed by atoms with E-state index in [4.69, 9.17) is 14.0 Å². The van der Waals surface area contributed by atoms with Gasteiger partial charge in [-0.05, 0) is 83.0 Å². The van der Waals surface area contributed by atoms with Crippen LogP contribution in [0.25, 0.3) is 6.08 Å². The minimum atomic E-state index is -4.22. The molecule has 1 aliphatic heterocycles. The average Bonchev–Trinajstić information content (AvgIpc) is 2.88. The van der Waals surface area contributed by atoms with Gasteiger partial charge in [-0.25, -0.2) is 14.5 Å². The standard InChI is InChI=1S/C26H19BrN2O9S/c1-14-3-9-18(10-4-14)39(35,36)38-22-20(27)12-15(13-21(22)37-2)11-19-23(30)28-26(34)29(24(19)31)17-7-5-16(6-8-17)25(32)33/h3-13H,1-2H3,(H,32,33)(H,28,30,34)/b19-11+. The van der Waals surface area contributed by atoms with Crippen LogP contribution in [0.5, 0.6) is 11.5 Å². The Kier molecular flexibility index (Phi) is 7.56. The van der Waals surface area contributed by atoms with E-state index < -0.39 is 39.5 Å². The molecule has 4 rings (SSSR count). The molecule has 2 N–H and O–H groups in total. The van der Waals surface area contributed by atoms with Crippen molar-refractivity contribution in [3.8, 4) is 11.5 Å². The van der Waals surface area contributed by atoms with E-state index in [-0.39, 0.29) is 37.7 Å². The Morgan fingerprint density at radius 2 is 1.67 bits per heavy atom. The molecule has 0 bridgehead atoms. The Balaban J connectivity index is 1.68. The Morgan fingerprint density at radius 3 is 2.26 bits per heavy atom. The minimum Gasteiger partial charge on any atom is -0.493 e. The highest BCUT2D eigenvalue weighted by molar-refractivity contribution is 9.10. The van der Waals surface area contributed by atoms with E-state index in [0.717, 1.165) is 5.56 Å². The molecule has 0 saturated carbocycles. The lowest BCUT2D eigenvalue weighted by atomic mass is 10.1. The predicted molar refractivity (Wildman–Crippen MR) is 142 cm³/mol. The van der Waals surface area contributed by atoms with Crippen LogP contribution in [0.1, 0.15) is 21.5 Å². The van der Waals surface area contributed by atoms with Crippen LogP contribution < -0.4 is 19.1 Å². The summed E-state index contributed by atoms with van der Waals surface area (Å²) in [4.78, 5) is 49.9. The van der Waals surface area contributed by atoms with Crippen molar-refractivity contribution in [2.75, 3.05) is 12.0 Å². The lowest BCUT2D eigenvalue weighted by Gasteiger charge is -2.26. The molecule has 1 heterocycles. The van der Waals surface area contributed by atoms with E-state index in [1.54, 1.807) is 12.1 Å². The lowest BCUT2D eigenvalue weighted by molar-refractivity contribution is -0.122. The van der Waals surface area contributed by atoms with Crippen molar-refractivity contribution < 1.29 is 41.6 Å². The molecular formula is C26H19BrN2O9S. The maximum Gasteiger partial charge on any atom is 0.339 e. The Morgan fingerprint density at radius 1 is 1.03 bits per heavy atom. The number of nitrogens with one attached hydrogen (secondary N) is 1. The molecule has 1 fully saturated rings. The van der Waals surface area contributed by atoms with Crippen LogP contribution in [0.3, 0.4) is 0 Å². The summed E-state index contributed by atoms with van der Waals surface area (Å²) in [5, 5.41) is 11.1. The van der Waals surface area contributed by atoms with Gasteiger partial charge in [0.25, 0.3) is 11.8 Å². The number of hydrogen-bond acceptors (Lipinski definition) is 8. The zero-order valence-corrected chi connectivity index (χ0v) is 22.7. The second-order valence-electron chi connectivity index (χ2n) is 8.19. The second kappa shape index (κ2) is 10.7. The lowest BCUT2D eigenvalue weighted by Crippen LogP contribution is -2.54. The molecule has 0 unspecified atom stereocenters. The number of rotatable bonds is 7. The molecule has 200 valence electrons. The number of urea groups is 1. The van der Waals surface area contributed by atoms with E-state index in [1.165, 1.54) is 61.7 Å². The number of halogens is 1. The summed E-state index contributed by atoms with van der Waals surface area (Å²) in [5.41, 5.74) is 0.687. The third kappa shape index (κ3) is 5.68. The van der Waals surface area contributed by atoms with Gasteiger partial charge in [0.2, 0.25) is 0 Å². The van der Waals surface area contributed by atoms with Crippen LogP contribution >= 0.6 is 15.9 Å². The number of nitrogens with zero attached hydrogens (tertiary/aromatic N) is 1. The Bertz CT molecular complexity index is 1650. The number of benzene rings is 3. The summed E-state index contributed by atoms with van der Waals surface area (Å²) in [5.74, 6) is -3.28. The smallest absolute Gasteiger partial charge is 0.339 e. The molecule has 4 amide bonds. The van der Waals surface area contributed by atoms with E-state index in [0.29, 0.717) is 4.90 Å². The number of imide groups is 2. The molecule has 0 aromatic heterocycles. The van der Waals surface area contributed by atoms with E-state index >= 15 is 0 Å². The molecule has 3 aromatic carbocycles. The van der Waals surface area contributed by atoms with Crippen LogP contribution in [0.2, 0.25) is 0 Å². The first-order valence-corrected chi connectivity index (χ1v) is 13.2. The first kappa shape index (κ1) is 27.5. The maximum absolute atomic E-state index is 13.2. The van der Waals surface area contributed by atoms with Gasteiger partial charge in [-0.3, -0.25) is 14.9 Å². The van der Waals surface area contributed by atoms with Crippen molar-refractivity contribution in [3.05, 3.63) is 87.4 Å². The van der Waals surface area contributed by atoms with Crippen molar-refractivity contribution in [1.82, 2.24) is 5.32 Å². The van der Waals surface area contributed by atoms with Crippen LogP contribution in [-0.2, 0) is 19.7 Å². The van der Waals surface area contributed by atoms with Crippen LogP contribution in [0, 0.1) is 6.92 Å². The maximum atomic E-state index is 13.2. The zero-order chi connectivity index (χ0) is 28.5. The second-order valence-corrected chi connectivity index (χ2v) is 10.6. The molecular weight excluding hydrogens is 596 g/mol. The number of methoxy groups -OCH3 is 1. The number of barbiturate groups is 1. The van der Waals surface area contributed by atoms with Crippen LogP contribution in [0.4, 0.5) is 10.5 Å². The molecule has 11 nitrogen and oxygen atoms in total. The number of aryl methyl sites for hydroxylation is 1. The molecule has 13 heteroatoms. The number of ether oxygens (including phenoxy) is 1. The summed E-state index contributed by atoms with van der Waals surface area (Å²) < 4.78 is 36.4. The molecule has 39 heavy (non-hydrogen) atoms. The fraction of sp³-hybridized carbons (Fsp3) is 0.0769. The monoisotopic (exact) mass is 614 g/mol. The van der Waals surface area contributed by atoms with Gasteiger partial charge in [-0.15, -0.1) is 0 Å². The number of aromatic carboxylic acids is 1. The van der Waals surface area contributed by atoms with Gasteiger partial charge in [-0.2, -0.15) is 8.42 Å². The van der Waals surface area contributed by atoms with E-state index in [2.05, 4.69) is 21.2 Å². The van der Waals surface area contributed by atoms with Crippen molar-refractivity contribution in [2.45, 2.75) is 11.8 Å². The largest absolute Gasteiger partial charge is 0.493 e. The normalized spacial score (nSPS) is 14.8. The van der Waals surface area contributed by atoms with Gasteiger partial charge in [0, 0.05) is 0 Å². The third-order valence-corrected chi connectivity index (χ3v) is 7.36. The minimum absolute atomic E-state index is 0.0206. The summed E-state index contributed by atoms with van der Waals surface area (Å²) in [6.45, 7) is 1.81. The van der Waals surface area contributed by atoms with Crippen molar-refractivity contribution in [1.29, 1.82) is 0 Å². The molecule has 1 aliphatic rings. The van der Waals surface area contributed by atoms with Gasteiger partial charge in [0.05, 0.1) is 22.8 Å². The molecule has 3 aromatic rings. The topological polar surface area (TPSA) is 156 Å². The molecule has 0 radical (unpaired) electrons. The molecule has 0 atom stereocenters. The summed E-state index contributed by atoms with van der Waals surface area (Å²) in [6, 6.07) is 12.7. The number of carbonyl (C=O) groups excluding carboxylic acids is 3. The average molecular weight is 615 g/mol. The quantitative estimate of drug-likeness (QED) is 0.229. The number of anilines is 1. The predicted octanol–water partition coefficient (Wildman–Crippen LogP) is 3.90. The number of carbonyl (C=O) groups is 4. The van der Waals surface area contributed by atoms with Gasteiger partial charge in [0.15, 0.2) is 11.5 Å². The Hall–Kier alpha value is -4.49. The SMILES string of the molecule is COc1cc(/C=C2\C(=O)NC(=O)N(c3ccc(C(=O)O)cc3)C2=O)cc(Br)c1OS(=O)(=O)c1ccc(C)cc1. The highest BCUT2D eigenvalue weighted by atomic mass is 79.9. The highest BCUT2D eigenvalue weighted by Crippen LogP contribution is 2.39. The fourth-order valence-electron chi connectivity index (χ4n) is 3.58. The Labute approximate surface area is 230 Å².